The Labute approximate surface area is 142 Å². The standard InChI is InChI=1S/C17H24ClN3O2/c1-4-23-15-7-5-6-14(10-15)11-21(8-9-22)12-16-13(2)19-20(3)17(16)18/h5-7,10,22H,4,8-9,11-12H2,1-3H3. The summed E-state index contributed by atoms with van der Waals surface area (Å²) in [5.41, 5.74) is 3.06. The van der Waals surface area contributed by atoms with Crippen molar-refractivity contribution in [2.24, 2.45) is 7.05 Å². The number of aliphatic hydroxyl groups is 1. The fourth-order valence-corrected chi connectivity index (χ4v) is 2.83. The molecule has 1 heterocycles. The van der Waals surface area contributed by atoms with E-state index in [9.17, 15) is 5.11 Å². The van der Waals surface area contributed by atoms with Gasteiger partial charge in [-0.3, -0.25) is 9.58 Å². The van der Waals surface area contributed by atoms with Gasteiger partial charge in [-0.25, -0.2) is 0 Å². The molecule has 0 fully saturated rings. The Morgan fingerprint density at radius 2 is 2.13 bits per heavy atom. The first-order chi connectivity index (χ1) is 11.0. The molecule has 1 N–H and O–H groups in total. The van der Waals surface area contributed by atoms with E-state index in [0.717, 1.165) is 22.6 Å². The van der Waals surface area contributed by atoms with Crippen molar-refractivity contribution in [1.29, 1.82) is 0 Å². The summed E-state index contributed by atoms with van der Waals surface area (Å²) in [6.45, 7) is 6.61. The van der Waals surface area contributed by atoms with Gasteiger partial charge in [-0.15, -0.1) is 0 Å². The zero-order chi connectivity index (χ0) is 16.8. The van der Waals surface area contributed by atoms with E-state index in [0.29, 0.717) is 31.4 Å². The molecule has 0 unspecified atom stereocenters. The van der Waals surface area contributed by atoms with Gasteiger partial charge < -0.3 is 9.84 Å². The lowest BCUT2D eigenvalue weighted by molar-refractivity contribution is 0.184. The summed E-state index contributed by atoms with van der Waals surface area (Å²) in [5, 5.41) is 14.3. The van der Waals surface area contributed by atoms with Crippen molar-refractivity contribution in [1.82, 2.24) is 14.7 Å². The van der Waals surface area contributed by atoms with Crippen LogP contribution >= 0.6 is 11.6 Å². The maximum Gasteiger partial charge on any atom is 0.131 e. The average Bonchev–Trinajstić information content (AvgIpc) is 2.75. The van der Waals surface area contributed by atoms with Gasteiger partial charge in [0, 0.05) is 32.2 Å². The minimum Gasteiger partial charge on any atom is -0.494 e. The Kier molecular flexibility index (Phi) is 6.45. The first-order valence-electron chi connectivity index (χ1n) is 7.78. The first kappa shape index (κ1) is 17.8. The number of rotatable bonds is 8. The summed E-state index contributed by atoms with van der Waals surface area (Å²) in [5.74, 6) is 0.865. The van der Waals surface area contributed by atoms with E-state index in [4.69, 9.17) is 16.3 Å². The third-order valence-corrected chi connectivity index (χ3v) is 4.16. The van der Waals surface area contributed by atoms with Crippen molar-refractivity contribution in [3.63, 3.8) is 0 Å². The molecule has 2 rings (SSSR count). The van der Waals surface area contributed by atoms with Crippen LogP contribution in [0.3, 0.4) is 0 Å². The maximum atomic E-state index is 9.36. The fourth-order valence-electron chi connectivity index (χ4n) is 2.59. The lowest BCUT2D eigenvalue weighted by Gasteiger charge is -2.21. The van der Waals surface area contributed by atoms with Gasteiger partial charge >= 0.3 is 0 Å². The van der Waals surface area contributed by atoms with E-state index < -0.39 is 0 Å². The molecular weight excluding hydrogens is 314 g/mol. The van der Waals surface area contributed by atoms with Gasteiger partial charge in [-0.05, 0) is 31.5 Å². The summed E-state index contributed by atoms with van der Waals surface area (Å²) in [6.07, 6.45) is 0. The third kappa shape index (κ3) is 4.70. The van der Waals surface area contributed by atoms with E-state index in [1.54, 1.807) is 4.68 Å². The Bertz CT molecular complexity index is 643. The maximum absolute atomic E-state index is 9.36. The summed E-state index contributed by atoms with van der Waals surface area (Å²) in [7, 11) is 1.83. The summed E-state index contributed by atoms with van der Waals surface area (Å²) in [4.78, 5) is 2.15. The van der Waals surface area contributed by atoms with E-state index >= 15 is 0 Å². The zero-order valence-electron chi connectivity index (χ0n) is 13.9. The summed E-state index contributed by atoms with van der Waals surface area (Å²) < 4.78 is 7.23. The van der Waals surface area contributed by atoms with Crippen LogP contribution in [0.25, 0.3) is 0 Å². The second-order valence-corrected chi connectivity index (χ2v) is 5.85. The van der Waals surface area contributed by atoms with Crippen LogP contribution in [-0.2, 0) is 20.1 Å². The molecule has 0 aliphatic carbocycles. The van der Waals surface area contributed by atoms with Crippen LogP contribution in [0, 0.1) is 6.92 Å². The Hall–Kier alpha value is -1.56. The van der Waals surface area contributed by atoms with Crippen LogP contribution in [0.5, 0.6) is 5.75 Å². The van der Waals surface area contributed by atoms with Gasteiger partial charge in [-0.2, -0.15) is 5.10 Å². The van der Waals surface area contributed by atoms with Crippen molar-refractivity contribution >= 4 is 11.6 Å². The second-order valence-electron chi connectivity index (χ2n) is 5.49. The molecule has 0 saturated carbocycles. The average molecular weight is 338 g/mol. The largest absolute Gasteiger partial charge is 0.494 e. The van der Waals surface area contributed by atoms with E-state index in [2.05, 4.69) is 16.1 Å². The Balaban J connectivity index is 2.13. The number of halogens is 1. The van der Waals surface area contributed by atoms with Gasteiger partial charge in [-0.1, -0.05) is 23.7 Å². The lowest BCUT2D eigenvalue weighted by Crippen LogP contribution is -2.26. The van der Waals surface area contributed by atoms with Crippen molar-refractivity contribution in [3.8, 4) is 5.75 Å². The molecule has 23 heavy (non-hydrogen) atoms. The summed E-state index contributed by atoms with van der Waals surface area (Å²) >= 11 is 6.32. The normalized spacial score (nSPS) is 11.2. The molecule has 0 saturated heterocycles. The molecule has 1 aromatic carbocycles. The SMILES string of the molecule is CCOc1cccc(CN(CCO)Cc2c(C)nn(C)c2Cl)c1. The van der Waals surface area contributed by atoms with Gasteiger partial charge in [0.05, 0.1) is 18.9 Å². The molecule has 6 heteroatoms. The van der Waals surface area contributed by atoms with E-state index in [-0.39, 0.29) is 6.61 Å². The highest BCUT2D eigenvalue weighted by Gasteiger charge is 2.15. The van der Waals surface area contributed by atoms with Crippen molar-refractivity contribution in [2.45, 2.75) is 26.9 Å². The monoisotopic (exact) mass is 337 g/mol. The van der Waals surface area contributed by atoms with E-state index in [1.807, 2.05) is 39.1 Å². The Morgan fingerprint density at radius 3 is 2.74 bits per heavy atom. The number of ether oxygens (including phenoxy) is 1. The molecule has 0 amide bonds. The van der Waals surface area contributed by atoms with Crippen LogP contribution in [0.2, 0.25) is 5.15 Å². The number of aryl methyl sites for hydroxylation is 2. The molecule has 0 radical (unpaired) electrons. The highest BCUT2D eigenvalue weighted by molar-refractivity contribution is 6.30. The van der Waals surface area contributed by atoms with Crippen molar-refractivity contribution in [2.75, 3.05) is 19.8 Å². The molecule has 1 aromatic heterocycles. The number of hydrogen-bond acceptors (Lipinski definition) is 4. The fraction of sp³-hybridized carbons (Fsp3) is 0.471. The minimum atomic E-state index is 0.0993. The second kappa shape index (κ2) is 8.34. The van der Waals surface area contributed by atoms with Gasteiger partial charge in [0.2, 0.25) is 0 Å². The van der Waals surface area contributed by atoms with Crippen molar-refractivity contribution in [3.05, 3.63) is 46.2 Å². The molecule has 0 aliphatic heterocycles. The van der Waals surface area contributed by atoms with Gasteiger partial charge in [0.1, 0.15) is 10.9 Å². The summed E-state index contributed by atoms with van der Waals surface area (Å²) in [6, 6.07) is 8.03. The molecule has 0 atom stereocenters. The topological polar surface area (TPSA) is 50.5 Å². The van der Waals surface area contributed by atoms with Crippen LogP contribution in [0.4, 0.5) is 0 Å². The molecule has 0 bridgehead atoms. The predicted octanol–water partition coefficient (Wildman–Crippen LogP) is 2.78. The molecule has 126 valence electrons. The number of benzene rings is 1. The molecule has 0 aliphatic rings. The molecule has 2 aromatic rings. The highest BCUT2D eigenvalue weighted by atomic mass is 35.5. The number of nitrogens with zero attached hydrogens (tertiary/aromatic N) is 3. The lowest BCUT2D eigenvalue weighted by atomic mass is 10.1. The zero-order valence-corrected chi connectivity index (χ0v) is 14.7. The van der Waals surface area contributed by atoms with Crippen LogP contribution in [0.15, 0.2) is 24.3 Å². The Morgan fingerprint density at radius 1 is 1.35 bits per heavy atom. The highest BCUT2D eigenvalue weighted by Crippen LogP contribution is 2.22. The van der Waals surface area contributed by atoms with Crippen molar-refractivity contribution < 1.29 is 9.84 Å². The van der Waals surface area contributed by atoms with Gasteiger partial charge in [0.25, 0.3) is 0 Å². The molecule has 0 spiro atoms. The van der Waals surface area contributed by atoms with Crippen LogP contribution in [-0.4, -0.2) is 39.5 Å². The number of aromatic nitrogens is 2. The quantitative estimate of drug-likeness (QED) is 0.804. The van der Waals surface area contributed by atoms with Gasteiger partial charge in [0.15, 0.2) is 0 Å². The first-order valence-corrected chi connectivity index (χ1v) is 8.15. The van der Waals surface area contributed by atoms with Crippen LogP contribution < -0.4 is 4.74 Å². The number of hydrogen-bond donors (Lipinski definition) is 1. The smallest absolute Gasteiger partial charge is 0.131 e. The molecular formula is C17H24ClN3O2. The molecule has 5 nitrogen and oxygen atoms in total. The van der Waals surface area contributed by atoms with Crippen LogP contribution in [0.1, 0.15) is 23.7 Å². The minimum absolute atomic E-state index is 0.0993. The third-order valence-electron chi connectivity index (χ3n) is 3.68. The van der Waals surface area contributed by atoms with E-state index in [1.165, 1.54) is 0 Å². The predicted molar refractivity (Wildman–Crippen MR) is 91.8 cm³/mol. The number of aliphatic hydroxyl groups excluding tert-OH is 1.